The molecule has 1 amide bonds. The summed E-state index contributed by atoms with van der Waals surface area (Å²) < 4.78 is 31.5. The van der Waals surface area contributed by atoms with E-state index in [1.807, 2.05) is 26.0 Å². The van der Waals surface area contributed by atoms with Crippen LogP contribution in [0.4, 0.5) is 0 Å². The van der Waals surface area contributed by atoms with E-state index in [0.717, 1.165) is 11.1 Å². The molecular formula is C20H26N2O4S. The molecule has 0 aliphatic rings. The van der Waals surface area contributed by atoms with E-state index in [4.69, 9.17) is 4.74 Å². The third-order valence-electron chi connectivity index (χ3n) is 4.28. The Morgan fingerprint density at radius 2 is 1.67 bits per heavy atom. The normalized spacial score (nSPS) is 11.6. The van der Waals surface area contributed by atoms with E-state index in [1.165, 1.54) is 4.31 Å². The number of methoxy groups -OCH3 is 1. The lowest BCUT2D eigenvalue weighted by Crippen LogP contribution is -2.30. The molecule has 0 spiro atoms. The number of sulfonamides is 1. The van der Waals surface area contributed by atoms with Crippen molar-refractivity contribution in [1.82, 2.24) is 9.62 Å². The first-order valence-electron chi connectivity index (χ1n) is 8.88. The van der Waals surface area contributed by atoms with Gasteiger partial charge in [0.25, 0.3) is 5.91 Å². The number of ether oxygens (including phenoxy) is 1. The number of hydrogen-bond acceptors (Lipinski definition) is 4. The number of nitrogens with zero attached hydrogens (tertiary/aromatic N) is 1. The number of carbonyl (C=O) groups excluding carboxylic acids is 1. The van der Waals surface area contributed by atoms with Crippen molar-refractivity contribution in [2.24, 2.45) is 0 Å². The SMILES string of the molecule is CCN(CC)S(=O)(=O)c1ccc(CNC(=O)c2ccccc2COC)cc1. The summed E-state index contributed by atoms with van der Waals surface area (Å²) in [5.74, 6) is -0.192. The first-order chi connectivity index (χ1) is 12.9. The molecule has 0 unspecified atom stereocenters. The molecule has 7 heteroatoms. The fourth-order valence-electron chi connectivity index (χ4n) is 2.79. The van der Waals surface area contributed by atoms with Crippen LogP contribution in [0.5, 0.6) is 0 Å². The minimum Gasteiger partial charge on any atom is -0.380 e. The van der Waals surface area contributed by atoms with Crippen LogP contribution >= 0.6 is 0 Å². The van der Waals surface area contributed by atoms with Crippen molar-refractivity contribution >= 4 is 15.9 Å². The van der Waals surface area contributed by atoms with Gasteiger partial charge in [-0.15, -0.1) is 0 Å². The third kappa shape index (κ3) is 5.15. The minimum absolute atomic E-state index is 0.192. The average Bonchev–Trinajstić information content (AvgIpc) is 2.68. The van der Waals surface area contributed by atoms with Crippen molar-refractivity contribution in [3.8, 4) is 0 Å². The van der Waals surface area contributed by atoms with Gasteiger partial charge in [0.2, 0.25) is 10.0 Å². The highest BCUT2D eigenvalue weighted by atomic mass is 32.2. The summed E-state index contributed by atoms with van der Waals surface area (Å²) >= 11 is 0. The van der Waals surface area contributed by atoms with Gasteiger partial charge in [-0.1, -0.05) is 44.2 Å². The third-order valence-corrected chi connectivity index (χ3v) is 6.35. The molecule has 0 aliphatic heterocycles. The van der Waals surface area contributed by atoms with E-state index in [0.29, 0.717) is 31.8 Å². The van der Waals surface area contributed by atoms with E-state index in [9.17, 15) is 13.2 Å². The van der Waals surface area contributed by atoms with Gasteiger partial charge in [0.05, 0.1) is 11.5 Å². The van der Waals surface area contributed by atoms with Crippen molar-refractivity contribution in [2.75, 3.05) is 20.2 Å². The number of nitrogens with one attached hydrogen (secondary N) is 1. The summed E-state index contributed by atoms with van der Waals surface area (Å²) in [6.07, 6.45) is 0. The first kappa shape index (κ1) is 21.1. The molecule has 0 aromatic heterocycles. The number of benzene rings is 2. The minimum atomic E-state index is -3.47. The average molecular weight is 391 g/mol. The zero-order valence-corrected chi connectivity index (χ0v) is 16.8. The van der Waals surface area contributed by atoms with Crippen LogP contribution in [-0.4, -0.2) is 38.8 Å². The molecule has 2 aromatic rings. The van der Waals surface area contributed by atoms with Crippen LogP contribution in [0.1, 0.15) is 35.3 Å². The number of carbonyl (C=O) groups is 1. The Labute approximate surface area is 161 Å². The van der Waals surface area contributed by atoms with E-state index in [2.05, 4.69) is 5.32 Å². The number of rotatable bonds is 9. The maximum Gasteiger partial charge on any atom is 0.251 e. The Morgan fingerprint density at radius 1 is 1.04 bits per heavy atom. The second-order valence-electron chi connectivity index (χ2n) is 6.01. The lowest BCUT2D eigenvalue weighted by atomic mass is 10.1. The molecule has 2 aromatic carbocycles. The van der Waals surface area contributed by atoms with Crippen LogP contribution in [0.15, 0.2) is 53.4 Å². The van der Waals surface area contributed by atoms with Crippen LogP contribution in [-0.2, 0) is 27.9 Å². The second kappa shape index (κ2) is 9.64. The monoisotopic (exact) mass is 390 g/mol. The molecule has 0 saturated carbocycles. The molecule has 6 nitrogen and oxygen atoms in total. The molecule has 146 valence electrons. The maximum atomic E-state index is 12.5. The molecule has 0 radical (unpaired) electrons. The highest BCUT2D eigenvalue weighted by Crippen LogP contribution is 2.16. The molecule has 0 heterocycles. The Kier molecular flexibility index (Phi) is 7.53. The molecule has 0 fully saturated rings. The van der Waals surface area contributed by atoms with Crippen LogP contribution in [0, 0.1) is 0 Å². The molecule has 27 heavy (non-hydrogen) atoms. The summed E-state index contributed by atoms with van der Waals surface area (Å²) in [7, 11) is -1.89. The first-order valence-corrected chi connectivity index (χ1v) is 10.3. The van der Waals surface area contributed by atoms with Gasteiger partial charge < -0.3 is 10.1 Å². The quantitative estimate of drug-likeness (QED) is 0.714. The number of amides is 1. The van der Waals surface area contributed by atoms with E-state index in [1.54, 1.807) is 43.5 Å². The van der Waals surface area contributed by atoms with Crippen molar-refractivity contribution in [1.29, 1.82) is 0 Å². The van der Waals surface area contributed by atoms with Gasteiger partial charge in [-0.3, -0.25) is 4.79 Å². The summed E-state index contributed by atoms with van der Waals surface area (Å²) in [6.45, 7) is 5.15. The zero-order valence-electron chi connectivity index (χ0n) is 15.9. The van der Waals surface area contributed by atoms with Crippen LogP contribution in [0.2, 0.25) is 0 Å². The fourth-order valence-corrected chi connectivity index (χ4v) is 4.25. The largest absolute Gasteiger partial charge is 0.380 e. The van der Waals surface area contributed by atoms with Crippen molar-refractivity contribution in [3.63, 3.8) is 0 Å². The molecule has 0 saturated heterocycles. The smallest absolute Gasteiger partial charge is 0.251 e. The highest BCUT2D eigenvalue weighted by Gasteiger charge is 2.21. The van der Waals surface area contributed by atoms with E-state index >= 15 is 0 Å². The van der Waals surface area contributed by atoms with Gasteiger partial charge in [-0.05, 0) is 29.3 Å². The summed E-state index contributed by atoms with van der Waals surface area (Å²) in [4.78, 5) is 12.7. The van der Waals surface area contributed by atoms with Crippen LogP contribution in [0.25, 0.3) is 0 Å². The lowest BCUT2D eigenvalue weighted by Gasteiger charge is -2.18. The Hall–Kier alpha value is -2.22. The molecule has 0 aliphatic carbocycles. The Bertz CT molecular complexity index is 860. The Morgan fingerprint density at radius 3 is 2.26 bits per heavy atom. The fraction of sp³-hybridized carbons (Fsp3) is 0.350. The molecule has 1 N–H and O–H groups in total. The summed E-state index contributed by atoms with van der Waals surface area (Å²) in [5.41, 5.74) is 2.21. The lowest BCUT2D eigenvalue weighted by molar-refractivity contribution is 0.0946. The van der Waals surface area contributed by atoms with Gasteiger partial charge in [-0.2, -0.15) is 4.31 Å². The predicted molar refractivity (Wildman–Crippen MR) is 105 cm³/mol. The molecular weight excluding hydrogens is 364 g/mol. The van der Waals surface area contributed by atoms with E-state index < -0.39 is 10.0 Å². The van der Waals surface area contributed by atoms with Crippen molar-refractivity contribution in [2.45, 2.75) is 31.9 Å². The highest BCUT2D eigenvalue weighted by molar-refractivity contribution is 7.89. The number of hydrogen-bond donors (Lipinski definition) is 1. The van der Waals surface area contributed by atoms with Gasteiger partial charge in [0.1, 0.15) is 0 Å². The van der Waals surface area contributed by atoms with Crippen LogP contribution < -0.4 is 5.32 Å². The second-order valence-corrected chi connectivity index (χ2v) is 7.94. The summed E-state index contributed by atoms with van der Waals surface area (Å²) in [6, 6.07) is 13.9. The van der Waals surface area contributed by atoms with Gasteiger partial charge >= 0.3 is 0 Å². The van der Waals surface area contributed by atoms with Crippen molar-refractivity contribution < 1.29 is 17.9 Å². The van der Waals surface area contributed by atoms with Gasteiger partial charge in [0, 0.05) is 32.3 Å². The van der Waals surface area contributed by atoms with Gasteiger partial charge in [0.15, 0.2) is 0 Å². The topological polar surface area (TPSA) is 75.7 Å². The Balaban J connectivity index is 2.06. The van der Waals surface area contributed by atoms with Gasteiger partial charge in [-0.25, -0.2) is 8.42 Å². The maximum absolute atomic E-state index is 12.5. The molecule has 2 rings (SSSR count). The van der Waals surface area contributed by atoms with E-state index in [-0.39, 0.29) is 10.8 Å². The van der Waals surface area contributed by atoms with Crippen LogP contribution in [0.3, 0.4) is 0 Å². The molecule has 0 bridgehead atoms. The zero-order chi connectivity index (χ0) is 19.9. The molecule has 0 atom stereocenters. The summed E-state index contributed by atoms with van der Waals surface area (Å²) in [5, 5.41) is 2.86. The predicted octanol–water partition coefficient (Wildman–Crippen LogP) is 2.79. The van der Waals surface area contributed by atoms with Crippen molar-refractivity contribution in [3.05, 3.63) is 65.2 Å². The standard InChI is InChI=1S/C20H26N2O4S/c1-4-22(5-2)27(24,25)18-12-10-16(11-13-18)14-21-20(23)19-9-7-6-8-17(19)15-26-3/h6-13H,4-5,14-15H2,1-3H3,(H,21,23).